The van der Waals surface area contributed by atoms with Crippen molar-refractivity contribution in [1.82, 2.24) is 10.2 Å². The van der Waals surface area contributed by atoms with Crippen molar-refractivity contribution in [2.45, 2.75) is 31.6 Å². The first-order valence-electron chi connectivity index (χ1n) is 5.93. The molecule has 4 nitrogen and oxygen atoms in total. The van der Waals surface area contributed by atoms with Crippen LogP contribution in [0.15, 0.2) is 12.1 Å². The molecule has 1 N–H and O–H groups in total. The molecule has 1 aromatic rings. The summed E-state index contributed by atoms with van der Waals surface area (Å²) in [6.45, 7) is 6.58. The minimum absolute atomic E-state index is 0.0455. The van der Waals surface area contributed by atoms with Crippen molar-refractivity contribution in [3.8, 4) is 0 Å². The van der Waals surface area contributed by atoms with E-state index in [1.807, 2.05) is 23.9 Å². The predicted octanol–water partition coefficient (Wildman–Crippen LogP) is 1.69. The van der Waals surface area contributed by atoms with Gasteiger partial charge in [0.2, 0.25) is 0 Å². The van der Waals surface area contributed by atoms with Crippen LogP contribution in [-0.4, -0.2) is 38.9 Å². The molecule has 0 bridgehead atoms. The zero-order chi connectivity index (χ0) is 12.3. The van der Waals surface area contributed by atoms with Gasteiger partial charge in [0.1, 0.15) is 0 Å². The van der Waals surface area contributed by atoms with Gasteiger partial charge in [0, 0.05) is 23.6 Å². The summed E-state index contributed by atoms with van der Waals surface area (Å²) < 4.78 is 0.354. The molecule has 0 spiro atoms. The second kappa shape index (κ2) is 5.23. The van der Waals surface area contributed by atoms with E-state index in [-0.39, 0.29) is 6.61 Å². The molecule has 2 heterocycles. The summed E-state index contributed by atoms with van der Waals surface area (Å²) >= 11 is 2.02. The molecule has 0 aromatic carbocycles. The number of aromatic nitrogens is 2. The van der Waals surface area contributed by atoms with E-state index in [2.05, 4.69) is 28.9 Å². The molecule has 2 rings (SSSR count). The summed E-state index contributed by atoms with van der Waals surface area (Å²) in [4.78, 5) is 2.27. The second-order valence-corrected chi connectivity index (χ2v) is 6.69. The van der Waals surface area contributed by atoms with Crippen LogP contribution in [0.3, 0.4) is 0 Å². The number of hydrogen-bond donors (Lipinski definition) is 1. The Hall–Kier alpha value is -0.810. The molecule has 0 atom stereocenters. The third kappa shape index (κ3) is 3.33. The van der Waals surface area contributed by atoms with E-state index in [4.69, 9.17) is 5.11 Å². The van der Waals surface area contributed by atoms with Crippen LogP contribution in [0.25, 0.3) is 0 Å². The van der Waals surface area contributed by atoms with E-state index in [0.29, 0.717) is 10.4 Å². The van der Waals surface area contributed by atoms with Crippen LogP contribution in [-0.2, 0) is 6.61 Å². The Labute approximate surface area is 106 Å². The van der Waals surface area contributed by atoms with Crippen molar-refractivity contribution in [3.63, 3.8) is 0 Å². The Morgan fingerprint density at radius 3 is 2.82 bits per heavy atom. The van der Waals surface area contributed by atoms with E-state index in [0.717, 1.165) is 31.1 Å². The van der Waals surface area contributed by atoms with Crippen molar-refractivity contribution in [1.29, 1.82) is 0 Å². The van der Waals surface area contributed by atoms with Crippen LogP contribution in [0.4, 0.5) is 5.82 Å². The molecule has 0 unspecified atom stereocenters. The maximum Gasteiger partial charge on any atom is 0.151 e. The molecular formula is C12H19N3OS. The molecule has 1 aromatic heterocycles. The van der Waals surface area contributed by atoms with Crippen LogP contribution >= 0.6 is 11.8 Å². The molecule has 0 aliphatic carbocycles. The number of rotatable bonds is 2. The van der Waals surface area contributed by atoms with Gasteiger partial charge in [-0.05, 0) is 18.6 Å². The normalized spacial score (nSPS) is 20.1. The number of anilines is 1. The highest BCUT2D eigenvalue weighted by Crippen LogP contribution is 2.31. The van der Waals surface area contributed by atoms with E-state index in [9.17, 15) is 0 Å². The monoisotopic (exact) mass is 253 g/mol. The van der Waals surface area contributed by atoms with Crippen molar-refractivity contribution in [2.75, 3.05) is 23.7 Å². The predicted molar refractivity (Wildman–Crippen MR) is 71.3 cm³/mol. The molecule has 1 fully saturated rings. The largest absolute Gasteiger partial charge is 0.390 e. The number of hydrogen-bond acceptors (Lipinski definition) is 5. The highest BCUT2D eigenvalue weighted by atomic mass is 32.2. The smallest absolute Gasteiger partial charge is 0.151 e. The maximum atomic E-state index is 8.93. The number of thioether (sulfide) groups is 1. The van der Waals surface area contributed by atoms with Gasteiger partial charge in [0.15, 0.2) is 5.82 Å². The Morgan fingerprint density at radius 1 is 1.35 bits per heavy atom. The molecule has 1 aliphatic heterocycles. The van der Waals surface area contributed by atoms with Gasteiger partial charge in [0.05, 0.1) is 12.3 Å². The number of nitrogens with zero attached hydrogens (tertiary/aromatic N) is 3. The first-order chi connectivity index (χ1) is 8.11. The van der Waals surface area contributed by atoms with Crippen LogP contribution in [0.1, 0.15) is 26.0 Å². The fourth-order valence-corrected chi connectivity index (χ4v) is 2.96. The standard InChI is InChI=1S/C12H19N3OS/c1-12(2)5-6-15(7-8-17-12)11-4-3-10(9-16)13-14-11/h3-4,16H,5-9H2,1-2H3. The lowest BCUT2D eigenvalue weighted by molar-refractivity contribution is 0.275. The van der Waals surface area contributed by atoms with Gasteiger partial charge in [-0.25, -0.2) is 0 Å². The molecule has 1 aliphatic rings. The van der Waals surface area contributed by atoms with Crippen LogP contribution < -0.4 is 4.90 Å². The number of aliphatic hydroxyl groups is 1. The zero-order valence-electron chi connectivity index (χ0n) is 10.4. The molecule has 94 valence electrons. The van der Waals surface area contributed by atoms with Crippen LogP contribution in [0.2, 0.25) is 0 Å². The third-order valence-corrected chi connectivity index (χ3v) is 4.40. The van der Waals surface area contributed by atoms with E-state index < -0.39 is 0 Å². The van der Waals surface area contributed by atoms with Gasteiger partial charge in [-0.2, -0.15) is 16.9 Å². The summed E-state index contributed by atoms with van der Waals surface area (Å²) in [6, 6.07) is 3.78. The van der Waals surface area contributed by atoms with Crippen molar-refractivity contribution < 1.29 is 5.11 Å². The average Bonchev–Trinajstić information content (AvgIpc) is 2.50. The first-order valence-corrected chi connectivity index (χ1v) is 6.92. The molecular weight excluding hydrogens is 234 g/mol. The third-order valence-electron chi connectivity index (χ3n) is 3.03. The lowest BCUT2D eigenvalue weighted by Gasteiger charge is -2.23. The first kappa shape index (κ1) is 12.6. The van der Waals surface area contributed by atoms with Crippen LogP contribution in [0.5, 0.6) is 0 Å². The van der Waals surface area contributed by atoms with Gasteiger partial charge in [0.25, 0.3) is 0 Å². The van der Waals surface area contributed by atoms with E-state index >= 15 is 0 Å². The quantitative estimate of drug-likeness (QED) is 0.869. The summed E-state index contributed by atoms with van der Waals surface area (Å²) in [7, 11) is 0. The highest BCUT2D eigenvalue weighted by molar-refractivity contribution is 8.00. The molecule has 0 saturated carbocycles. The summed E-state index contributed by atoms with van der Waals surface area (Å²) in [6.07, 6.45) is 1.15. The summed E-state index contributed by atoms with van der Waals surface area (Å²) in [5.41, 5.74) is 0.623. The highest BCUT2D eigenvalue weighted by Gasteiger charge is 2.24. The zero-order valence-corrected chi connectivity index (χ0v) is 11.2. The maximum absolute atomic E-state index is 8.93. The van der Waals surface area contributed by atoms with Crippen LogP contribution in [0, 0.1) is 0 Å². The van der Waals surface area contributed by atoms with Crippen molar-refractivity contribution in [3.05, 3.63) is 17.8 Å². The summed E-state index contributed by atoms with van der Waals surface area (Å²) in [5.74, 6) is 2.04. The topological polar surface area (TPSA) is 49.2 Å². The molecule has 17 heavy (non-hydrogen) atoms. The van der Waals surface area contributed by atoms with Gasteiger partial charge >= 0.3 is 0 Å². The lowest BCUT2D eigenvalue weighted by Crippen LogP contribution is -2.28. The Balaban J connectivity index is 2.06. The van der Waals surface area contributed by atoms with Gasteiger partial charge < -0.3 is 10.0 Å². The minimum Gasteiger partial charge on any atom is -0.390 e. The molecule has 1 saturated heterocycles. The molecule has 5 heteroatoms. The Kier molecular flexibility index (Phi) is 3.89. The Morgan fingerprint density at radius 2 is 2.18 bits per heavy atom. The number of aliphatic hydroxyl groups excluding tert-OH is 1. The summed E-state index contributed by atoms with van der Waals surface area (Å²) in [5, 5.41) is 17.1. The van der Waals surface area contributed by atoms with E-state index in [1.54, 1.807) is 0 Å². The average molecular weight is 253 g/mol. The van der Waals surface area contributed by atoms with E-state index in [1.165, 1.54) is 0 Å². The molecule has 0 radical (unpaired) electrons. The lowest BCUT2D eigenvalue weighted by atomic mass is 10.1. The molecule has 0 amide bonds. The van der Waals surface area contributed by atoms with Gasteiger partial charge in [-0.15, -0.1) is 5.10 Å². The Bertz CT molecular complexity index is 367. The fourth-order valence-electron chi connectivity index (χ4n) is 1.86. The minimum atomic E-state index is -0.0455. The second-order valence-electron chi connectivity index (χ2n) is 4.89. The van der Waals surface area contributed by atoms with Crippen molar-refractivity contribution >= 4 is 17.6 Å². The van der Waals surface area contributed by atoms with Crippen molar-refractivity contribution in [2.24, 2.45) is 0 Å². The fraction of sp³-hybridized carbons (Fsp3) is 0.667. The van der Waals surface area contributed by atoms with Gasteiger partial charge in [-0.1, -0.05) is 13.8 Å². The SMILES string of the molecule is CC1(C)CCN(c2ccc(CO)nn2)CCS1. The van der Waals surface area contributed by atoms with Gasteiger partial charge in [-0.3, -0.25) is 0 Å².